The van der Waals surface area contributed by atoms with E-state index in [9.17, 15) is 5.11 Å². The third-order valence-corrected chi connectivity index (χ3v) is 4.40. The molecule has 4 nitrogen and oxygen atoms in total. The van der Waals surface area contributed by atoms with E-state index in [4.69, 9.17) is 10.5 Å². The summed E-state index contributed by atoms with van der Waals surface area (Å²) in [6.07, 6.45) is 3.27. The van der Waals surface area contributed by atoms with Gasteiger partial charge in [0.2, 0.25) is 0 Å². The molecule has 0 amide bonds. The van der Waals surface area contributed by atoms with Gasteiger partial charge < -0.3 is 15.6 Å². The van der Waals surface area contributed by atoms with Crippen molar-refractivity contribution in [2.75, 3.05) is 20.2 Å². The van der Waals surface area contributed by atoms with Gasteiger partial charge in [0.1, 0.15) is 5.75 Å². The smallest absolute Gasteiger partial charge is 0.120 e. The fourth-order valence-electron chi connectivity index (χ4n) is 3.29. The Labute approximate surface area is 121 Å². The van der Waals surface area contributed by atoms with Crippen LogP contribution in [0, 0.1) is 0 Å². The zero-order valence-corrected chi connectivity index (χ0v) is 12.5. The number of para-hydroxylation sites is 1. The molecule has 1 aliphatic rings. The number of phenols is 1. The lowest BCUT2D eigenvalue weighted by Crippen LogP contribution is -2.49. The number of hydrogen-bond donors (Lipinski definition) is 2. The van der Waals surface area contributed by atoms with Gasteiger partial charge in [0.05, 0.1) is 6.10 Å². The van der Waals surface area contributed by atoms with E-state index in [1.165, 1.54) is 0 Å². The van der Waals surface area contributed by atoms with Crippen LogP contribution in [-0.2, 0) is 4.74 Å². The number of aromatic hydroxyl groups is 1. The van der Waals surface area contributed by atoms with Crippen LogP contribution >= 0.6 is 0 Å². The Morgan fingerprint density at radius 2 is 2.20 bits per heavy atom. The predicted octanol–water partition coefficient (Wildman–Crippen LogP) is 2.28. The molecule has 4 heteroatoms. The molecule has 1 aliphatic heterocycles. The summed E-state index contributed by atoms with van der Waals surface area (Å²) in [5.41, 5.74) is 6.96. The Morgan fingerprint density at radius 1 is 1.45 bits per heavy atom. The minimum absolute atomic E-state index is 0.225. The van der Waals surface area contributed by atoms with Crippen LogP contribution in [0.25, 0.3) is 0 Å². The molecule has 0 radical (unpaired) electrons. The third-order valence-electron chi connectivity index (χ3n) is 4.40. The number of ether oxygens (including phenoxy) is 1. The van der Waals surface area contributed by atoms with E-state index in [1.807, 2.05) is 18.2 Å². The summed E-state index contributed by atoms with van der Waals surface area (Å²) in [6, 6.07) is 8.16. The van der Waals surface area contributed by atoms with Crippen LogP contribution in [0.3, 0.4) is 0 Å². The lowest BCUT2D eigenvalue weighted by Gasteiger charge is -2.43. The molecule has 112 valence electrons. The summed E-state index contributed by atoms with van der Waals surface area (Å²) in [5, 5.41) is 10.1. The molecule has 0 aromatic heterocycles. The van der Waals surface area contributed by atoms with E-state index in [1.54, 1.807) is 13.2 Å². The number of piperidine rings is 1. The number of likely N-dealkylation sites (tertiary alicyclic amines) is 1. The van der Waals surface area contributed by atoms with Gasteiger partial charge in [-0.25, -0.2) is 0 Å². The van der Waals surface area contributed by atoms with Crippen LogP contribution < -0.4 is 5.73 Å². The van der Waals surface area contributed by atoms with Gasteiger partial charge in [-0.1, -0.05) is 25.1 Å². The Bertz CT molecular complexity index is 425. The number of phenolic OH excluding ortho intramolecular Hbond substituents is 1. The number of nitrogens with two attached hydrogens (primary N) is 1. The quantitative estimate of drug-likeness (QED) is 0.867. The molecular formula is C16H26N2O2. The van der Waals surface area contributed by atoms with Crippen molar-refractivity contribution in [3.8, 4) is 5.75 Å². The van der Waals surface area contributed by atoms with E-state index in [0.717, 1.165) is 31.4 Å². The van der Waals surface area contributed by atoms with Gasteiger partial charge in [-0.15, -0.1) is 0 Å². The van der Waals surface area contributed by atoms with E-state index in [2.05, 4.69) is 11.8 Å². The fraction of sp³-hybridized carbons (Fsp3) is 0.625. The molecule has 1 aromatic carbocycles. The average Bonchev–Trinajstić information content (AvgIpc) is 2.50. The van der Waals surface area contributed by atoms with E-state index in [-0.39, 0.29) is 6.04 Å². The van der Waals surface area contributed by atoms with Crippen molar-refractivity contribution >= 4 is 0 Å². The van der Waals surface area contributed by atoms with Gasteiger partial charge in [-0.2, -0.15) is 0 Å². The topological polar surface area (TPSA) is 58.7 Å². The van der Waals surface area contributed by atoms with Crippen LogP contribution in [0.15, 0.2) is 24.3 Å². The van der Waals surface area contributed by atoms with Crippen LogP contribution in [0.4, 0.5) is 0 Å². The van der Waals surface area contributed by atoms with E-state index >= 15 is 0 Å². The highest BCUT2D eigenvalue weighted by Gasteiger charge is 2.33. The highest BCUT2D eigenvalue weighted by Crippen LogP contribution is 2.35. The molecule has 20 heavy (non-hydrogen) atoms. The third kappa shape index (κ3) is 3.14. The van der Waals surface area contributed by atoms with Crippen LogP contribution in [-0.4, -0.2) is 42.4 Å². The first-order chi connectivity index (χ1) is 9.71. The zero-order chi connectivity index (χ0) is 14.5. The second-order valence-electron chi connectivity index (χ2n) is 5.49. The van der Waals surface area contributed by atoms with Gasteiger partial charge in [0.15, 0.2) is 0 Å². The molecule has 3 N–H and O–H groups in total. The minimum atomic E-state index is 0.225. The average molecular weight is 278 g/mol. The van der Waals surface area contributed by atoms with Gasteiger partial charge in [-0.05, 0) is 25.3 Å². The maximum atomic E-state index is 10.1. The normalized spacial score (nSPS) is 25.6. The lowest BCUT2D eigenvalue weighted by atomic mass is 9.93. The molecule has 1 fully saturated rings. The summed E-state index contributed by atoms with van der Waals surface area (Å²) in [7, 11) is 1.77. The Balaban J connectivity index is 2.20. The number of hydrogen-bond acceptors (Lipinski definition) is 4. The standard InChI is InChI=1S/C16H26N2O2/c1-3-15(14-6-4-5-7-16(14)19)18-9-8-13(20-2)10-12(18)11-17/h4-7,12-13,15,19H,3,8-11,17H2,1-2H3. The van der Waals surface area contributed by atoms with Crippen molar-refractivity contribution < 1.29 is 9.84 Å². The van der Waals surface area contributed by atoms with Gasteiger partial charge in [-0.3, -0.25) is 4.90 Å². The highest BCUT2D eigenvalue weighted by molar-refractivity contribution is 5.34. The first-order valence-corrected chi connectivity index (χ1v) is 7.47. The molecule has 1 aromatic rings. The van der Waals surface area contributed by atoms with Gasteiger partial charge in [0, 0.05) is 37.8 Å². The molecule has 0 spiro atoms. The van der Waals surface area contributed by atoms with Crippen molar-refractivity contribution in [3.05, 3.63) is 29.8 Å². The zero-order valence-electron chi connectivity index (χ0n) is 12.5. The number of nitrogens with zero attached hydrogens (tertiary/aromatic N) is 1. The second-order valence-corrected chi connectivity index (χ2v) is 5.49. The molecule has 3 unspecified atom stereocenters. The Kier molecular flexibility index (Phi) is 5.40. The lowest BCUT2D eigenvalue weighted by molar-refractivity contribution is -0.00588. The highest BCUT2D eigenvalue weighted by atomic mass is 16.5. The van der Waals surface area contributed by atoms with Crippen molar-refractivity contribution in [3.63, 3.8) is 0 Å². The van der Waals surface area contributed by atoms with Crippen molar-refractivity contribution in [1.82, 2.24) is 4.90 Å². The van der Waals surface area contributed by atoms with Gasteiger partial charge >= 0.3 is 0 Å². The first-order valence-electron chi connectivity index (χ1n) is 7.47. The maximum absolute atomic E-state index is 10.1. The van der Waals surface area contributed by atoms with Crippen molar-refractivity contribution in [2.24, 2.45) is 5.73 Å². The minimum Gasteiger partial charge on any atom is -0.508 e. The summed E-state index contributed by atoms with van der Waals surface area (Å²) < 4.78 is 5.48. The van der Waals surface area contributed by atoms with E-state index < -0.39 is 0 Å². The summed E-state index contributed by atoms with van der Waals surface area (Å²) in [4.78, 5) is 2.44. The molecular weight excluding hydrogens is 252 g/mol. The monoisotopic (exact) mass is 278 g/mol. The summed E-state index contributed by atoms with van der Waals surface area (Å²) >= 11 is 0. The maximum Gasteiger partial charge on any atom is 0.120 e. The largest absolute Gasteiger partial charge is 0.508 e. The Morgan fingerprint density at radius 3 is 2.80 bits per heavy atom. The first kappa shape index (κ1) is 15.3. The van der Waals surface area contributed by atoms with Crippen LogP contribution in [0.5, 0.6) is 5.75 Å². The van der Waals surface area contributed by atoms with Crippen molar-refractivity contribution in [2.45, 2.75) is 44.4 Å². The number of methoxy groups -OCH3 is 1. The molecule has 0 aliphatic carbocycles. The second kappa shape index (κ2) is 7.07. The molecule has 3 atom stereocenters. The number of rotatable bonds is 5. The predicted molar refractivity (Wildman–Crippen MR) is 80.7 cm³/mol. The molecule has 1 heterocycles. The van der Waals surface area contributed by atoms with E-state index in [0.29, 0.717) is 24.4 Å². The summed E-state index contributed by atoms with van der Waals surface area (Å²) in [6.45, 7) is 3.75. The van der Waals surface area contributed by atoms with Crippen LogP contribution in [0.2, 0.25) is 0 Å². The molecule has 0 saturated carbocycles. The summed E-state index contributed by atoms with van der Waals surface area (Å²) in [5.74, 6) is 0.379. The fourth-order valence-corrected chi connectivity index (χ4v) is 3.29. The van der Waals surface area contributed by atoms with Crippen molar-refractivity contribution in [1.29, 1.82) is 0 Å². The molecule has 2 rings (SSSR count). The molecule has 0 bridgehead atoms. The van der Waals surface area contributed by atoms with Crippen LogP contribution in [0.1, 0.15) is 37.8 Å². The number of benzene rings is 1. The SMILES string of the molecule is CCC(c1ccccc1O)N1CCC(OC)CC1CN. The van der Waals surface area contributed by atoms with Gasteiger partial charge in [0.25, 0.3) is 0 Å². The molecule has 1 saturated heterocycles. The Hall–Kier alpha value is -1.10.